The van der Waals surface area contributed by atoms with Crippen molar-refractivity contribution in [2.75, 3.05) is 5.32 Å². The van der Waals surface area contributed by atoms with E-state index in [0.717, 1.165) is 11.3 Å². The minimum absolute atomic E-state index is 0.143. The molecule has 0 atom stereocenters. The number of rotatable bonds is 3. The maximum Gasteiger partial charge on any atom is 0.157 e. The van der Waals surface area contributed by atoms with Gasteiger partial charge in [0.1, 0.15) is 5.82 Å². The van der Waals surface area contributed by atoms with Crippen LogP contribution in [0.2, 0.25) is 0 Å². The molecule has 17 heavy (non-hydrogen) atoms. The van der Waals surface area contributed by atoms with Crippen LogP contribution in [0.1, 0.15) is 5.56 Å². The number of aromatic hydroxyl groups is 2. The van der Waals surface area contributed by atoms with Crippen LogP contribution in [0, 0.1) is 5.82 Å². The highest BCUT2D eigenvalue weighted by molar-refractivity contribution is 5.45. The van der Waals surface area contributed by atoms with Crippen LogP contribution in [0.15, 0.2) is 42.5 Å². The fraction of sp³-hybridized carbons (Fsp3) is 0.0769. The monoisotopic (exact) mass is 233 g/mol. The predicted molar refractivity (Wildman–Crippen MR) is 63.5 cm³/mol. The lowest BCUT2D eigenvalue weighted by molar-refractivity contribution is 0.403. The van der Waals surface area contributed by atoms with Gasteiger partial charge in [-0.15, -0.1) is 0 Å². The number of benzene rings is 2. The van der Waals surface area contributed by atoms with E-state index in [1.54, 1.807) is 18.2 Å². The molecule has 0 saturated carbocycles. The Morgan fingerprint density at radius 1 is 0.941 bits per heavy atom. The quantitative estimate of drug-likeness (QED) is 0.714. The van der Waals surface area contributed by atoms with Crippen molar-refractivity contribution in [3.05, 3.63) is 53.8 Å². The second-order valence-electron chi connectivity index (χ2n) is 3.68. The van der Waals surface area contributed by atoms with Crippen molar-refractivity contribution >= 4 is 5.69 Å². The molecule has 4 heteroatoms. The first-order valence-electron chi connectivity index (χ1n) is 5.15. The van der Waals surface area contributed by atoms with Crippen LogP contribution in [0.3, 0.4) is 0 Å². The summed E-state index contributed by atoms with van der Waals surface area (Å²) >= 11 is 0. The Balaban J connectivity index is 2.02. The highest BCUT2D eigenvalue weighted by atomic mass is 19.1. The van der Waals surface area contributed by atoms with Gasteiger partial charge in [-0.1, -0.05) is 6.07 Å². The molecule has 0 amide bonds. The van der Waals surface area contributed by atoms with E-state index in [1.807, 2.05) is 0 Å². The number of phenolic OH excluding ortho intramolecular Hbond substituents is 2. The maximum atomic E-state index is 12.7. The molecule has 0 fully saturated rings. The first-order valence-corrected chi connectivity index (χ1v) is 5.15. The lowest BCUT2D eigenvalue weighted by atomic mass is 10.2. The summed E-state index contributed by atoms with van der Waals surface area (Å²) < 4.78 is 12.7. The zero-order chi connectivity index (χ0) is 12.3. The van der Waals surface area contributed by atoms with Crippen LogP contribution in [0.4, 0.5) is 10.1 Å². The highest BCUT2D eigenvalue weighted by Gasteiger charge is 2.00. The molecule has 0 aliphatic carbocycles. The fourth-order valence-corrected chi connectivity index (χ4v) is 1.45. The van der Waals surface area contributed by atoms with Gasteiger partial charge in [0.25, 0.3) is 0 Å². The summed E-state index contributed by atoms with van der Waals surface area (Å²) in [5, 5.41) is 21.5. The van der Waals surface area contributed by atoms with Gasteiger partial charge in [-0.3, -0.25) is 0 Å². The zero-order valence-electron chi connectivity index (χ0n) is 9.02. The average Bonchev–Trinajstić information content (AvgIpc) is 2.33. The van der Waals surface area contributed by atoms with Crippen LogP contribution >= 0.6 is 0 Å². The topological polar surface area (TPSA) is 52.5 Å². The van der Waals surface area contributed by atoms with Crippen molar-refractivity contribution in [2.24, 2.45) is 0 Å². The summed E-state index contributed by atoms with van der Waals surface area (Å²) in [5.41, 5.74) is 1.61. The number of nitrogens with one attached hydrogen (secondary N) is 1. The number of halogens is 1. The van der Waals surface area contributed by atoms with Gasteiger partial charge in [0.05, 0.1) is 0 Å². The molecule has 0 aliphatic rings. The molecule has 0 radical (unpaired) electrons. The third kappa shape index (κ3) is 2.87. The molecule has 0 saturated heterocycles. The minimum Gasteiger partial charge on any atom is -0.504 e. The molecular weight excluding hydrogens is 221 g/mol. The minimum atomic E-state index is -0.280. The fourth-order valence-electron chi connectivity index (χ4n) is 1.45. The largest absolute Gasteiger partial charge is 0.504 e. The van der Waals surface area contributed by atoms with Crippen molar-refractivity contribution < 1.29 is 14.6 Å². The highest BCUT2D eigenvalue weighted by Crippen LogP contribution is 2.25. The van der Waals surface area contributed by atoms with Gasteiger partial charge in [-0.2, -0.15) is 0 Å². The normalized spacial score (nSPS) is 10.2. The van der Waals surface area contributed by atoms with Gasteiger partial charge in [0, 0.05) is 12.2 Å². The van der Waals surface area contributed by atoms with E-state index in [1.165, 1.54) is 24.3 Å². The smallest absolute Gasteiger partial charge is 0.157 e. The Labute approximate surface area is 98.2 Å². The van der Waals surface area contributed by atoms with E-state index in [4.69, 9.17) is 5.11 Å². The average molecular weight is 233 g/mol. The molecular formula is C13H12FNO2. The van der Waals surface area contributed by atoms with Gasteiger partial charge in [-0.05, 0) is 42.0 Å². The molecule has 0 spiro atoms. The van der Waals surface area contributed by atoms with Crippen LogP contribution < -0.4 is 5.32 Å². The summed E-state index contributed by atoms with van der Waals surface area (Å²) in [6.45, 7) is 0.486. The lowest BCUT2D eigenvalue weighted by Crippen LogP contribution is -1.98. The summed E-state index contributed by atoms with van der Waals surface area (Å²) in [6.07, 6.45) is 0. The SMILES string of the molecule is Oc1ccc(CNc2ccc(F)cc2)cc1O. The Morgan fingerprint density at radius 3 is 2.29 bits per heavy atom. The second kappa shape index (κ2) is 4.74. The van der Waals surface area contributed by atoms with Crippen molar-refractivity contribution in [1.29, 1.82) is 0 Å². The summed E-state index contributed by atoms with van der Waals surface area (Å²) in [4.78, 5) is 0. The zero-order valence-corrected chi connectivity index (χ0v) is 9.02. The van der Waals surface area contributed by atoms with Crippen molar-refractivity contribution in [1.82, 2.24) is 0 Å². The first-order chi connectivity index (χ1) is 8.15. The van der Waals surface area contributed by atoms with E-state index < -0.39 is 0 Å². The second-order valence-corrected chi connectivity index (χ2v) is 3.68. The molecule has 2 rings (SSSR count). The molecule has 0 heterocycles. The molecule has 0 unspecified atom stereocenters. The van der Waals surface area contributed by atoms with Gasteiger partial charge in [-0.25, -0.2) is 4.39 Å². The van der Waals surface area contributed by atoms with Gasteiger partial charge in [0.2, 0.25) is 0 Å². The van der Waals surface area contributed by atoms with Gasteiger partial charge in [0.15, 0.2) is 11.5 Å². The number of hydrogen-bond acceptors (Lipinski definition) is 3. The molecule has 3 nitrogen and oxygen atoms in total. The number of anilines is 1. The van der Waals surface area contributed by atoms with Crippen LogP contribution in [-0.4, -0.2) is 10.2 Å². The van der Waals surface area contributed by atoms with Crippen molar-refractivity contribution in [2.45, 2.75) is 6.54 Å². The molecule has 88 valence electrons. The van der Waals surface area contributed by atoms with Crippen LogP contribution in [-0.2, 0) is 6.54 Å². The predicted octanol–water partition coefficient (Wildman–Crippen LogP) is 2.85. The van der Waals surface area contributed by atoms with E-state index in [-0.39, 0.29) is 17.3 Å². The molecule has 2 aromatic carbocycles. The first kappa shape index (κ1) is 11.3. The third-order valence-electron chi connectivity index (χ3n) is 2.38. The number of hydrogen-bond donors (Lipinski definition) is 3. The Kier molecular flexibility index (Phi) is 3.14. The van der Waals surface area contributed by atoms with Gasteiger partial charge < -0.3 is 15.5 Å². The van der Waals surface area contributed by atoms with E-state index >= 15 is 0 Å². The van der Waals surface area contributed by atoms with Crippen LogP contribution in [0.5, 0.6) is 11.5 Å². The standard InChI is InChI=1S/C13H12FNO2/c14-10-2-4-11(5-3-10)15-8-9-1-6-12(16)13(17)7-9/h1-7,15-17H,8H2. The third-order valence-corrected chi connectivity index (χ3v) is 2.38. The van der Waals surface area contributed by atoms with Gasteiger partial charge >= 0.3 is 0 Å². The maximum absolute atomic E-state index is 12.7. The summed E-state index contributed by atoms with van der Waals surface area (Å²) in [7, 11) is 0. The van der Waals surface area contributed by atoms with E-state index in [2.05, 4.69) is 5.32 Å². The summed E-state index contributed by atoms with van der Waals surface area (Å²) in [6, 6.07) is 10.6. The molecule has 3 N–H and O–H groups in total. The number of phenols is 2. The Hall–Kier alpha value is -2.23. The van der Waals surface area contributed by atoms with Crippen LogP contribution in [0.25, 0.3) is 0 Å². The summed E-state index contributed by atoms with van der Waals surface area (Å²) in [5.74, 6) is -0.572. The molecule has 2 aromatic rings. The molecule has 0 aliphatic heterocycles. The molecule has 0 bridgehead atoms. The molecule has 0 aromatic heterocycles. The van der Waals surface area contributed by atoms with Crippen molar-refractivity contribution in [3.8, 4) is 11.5 Å². The Morgan fingerprint density at radius 2 is 1.65 bits per heavy atom. The van der Waals surface area contributed by atoms with Crippen molar-refractivity contribution in [3.63, 3.8) is 0 Å². The Bertz CT molecular complexity index is 511. The lowest BCUT2D eigenvalue weighted by Gasteiger charge is -2.07. The van der Waals surface area contributed by atoms with E-state index in [9.17, 15) is 9.50 Å². The van der Waals surface area contributed by atoms with E-state index in [0.29, 0.717) is 6.54 Å².